The van der Waals surface area contributed by atoms with Crippen LogP contribution in [0.1, 0.15) is 19.2 Å². The fourth-order valence-electron chi connectivity index (χ4n) is 3.70. The van der Waals surface area contributed by atoms with Crippen molar-refractivity contribution in [1.82, 2.24) is 39.5 Å². The van der Waals surface area contributed by atoms with E-state index >= 15 is 0 Å². The fraction of sp³-hybridized carbons (Fsp3) is 0.350. The van der Waals surface area contributed by atoms with Crippen molar-refractivity contribution in [2.24, 2.45) is 0 Å². The van der Waals surface area contributed by atoms with E-state index < -0.39 is 0 Å². The largest absolute Gasteiger partial charge is 0.471 e. The number of anilines is 1. The van der Waals surface area contributed by atoms with Crippen LogP contribution in [0.15, 0.2) is 37.4 Å². The van der Waals surface area contributed by atoms with Crippen LogP contribution in [-0.4, -0.2) is 58.6 Å². The van der Waals surface area contributed by atoms with Crippen LogP contribution in [0.4, 0.5) is 5.69 Å². The van der Waals surface area contributed by atoms with E-state index in [0.29, 0.717) is 17.9 Å². The highest BCUT2D eigenvalue weighted by molar-refractivity contribution is 5.81. The molecule has 0 aromatic carbocycles. The second kappa shape index (κ2) is 7.62. The van der Waals surface area contributed by atoms with Gasteiger partial charge in [0, 0.05) is 31.9 Å². The van der Waals surface area contributed by atoms with Crippen molar-refractivity contribution in [3.05, 3.63) is 43.3 Å². The predicted octanol–water partition coefficient (Wildman–Crippen LogP) is 2.06. The zero-order valence-electron chi connectivity index (χ0n) is 16.8. The van der Waals surface area contributed by atoms with Gasteiger partial charge in [-0.3, -0.25) is 0 Å². The minimum absolute atomic E-state index is 0.00115. The minimum Gasteiger partial charge on any atom is -0.471 e. The number of nitrogens with zero attached hydrogens (tertiary/aromatic N) is 9. The molecule has 152 valence electrons. The van der Waals surface area contributed by atoms with Gasteiger partial charge in [-0.1, -0.05) is 0 Å². The Kier molecular flexibility index (Phi) is 4.66. The Bertz CT molecular complexity index is 1160. The highest BCUT2D eigenvalue weighted by atomic mass is 16.5. The molecule has 1 fully saturated rings. The summed E-state index contributed by atoms with van der Waals surface area (Å²) in [6, 6.07) is 0. The molecule has 0 spiro atoms. The Morgan fingerprint density at radius 3 is 2.60 bits per heavy atom. The van der Waals surface area contributed by atoms with Crippen LogP contribution in [-0.2, 0) is 6.54 Å². The van der Waals surface area contributed by atoms with Crippen molar-refractivity contribution in [1.29, 1.82) is 0 Å². The predicted molar refractivity (Wildman–Crippen MR) is 110 cm³/mol. The van der Waals surface area contributed by atoms with E-state index in [-0.39, 0.29) is 6.10 Å². The van der Waals surface area contributed by atoms with Crippen LogP contribution >= 0.6 is 0 Å². The molecule has 0 amide bonds. The van der Waals surface area contributed by atoms with Gasteiger partial charge in [0.25, 0.3) is 0 Å². The maximum Gasteiger partial charge on any atom is 0.245 e. The molecule has 4 aromatic rings. The Balaban J connectivity index is 1.45. The molecule has 1 aliphatic rings. The average molecular weight is 403 g/mol. The van der Waals surface area contributed by atoms with E-state index in [2.05, 4.69) is 41.7 Å². The number of fused-ring (bicyclic) bond motifs is 1. The second-order valence-electron chi connectivity index (χ2n) is 7.12. The van der Waals surface area contributed by atoms with Crippen molar-refractivity contribution >= 4 is 16.9 Å². The van der Waals surface area contributed by atoms with Crippen LogP contribution in [0.25, 0.3) is 22.6 Å². The molecule has 4 aromatic heterocycles. The summed E-state index contributed by atoms with van der Waals surface area (Å²) in [7, 11) is 0. The number of aromatic nitrogens is 8. The number of imidazole rings is 1. The zero-order valence-corrected chi connectivity index (χ0v) is 16.8. The Hall–Kier alpha value is -3.69. The zero-order chi connectivity index (χ0) is 20.5. The van der Waals surface area contributed by atoms with Crippen LogP contribution < -0.4 is 9.64 Å². The smallest absolute Gasteiger partial charge is 0.245 e. The number of rotatable bonds is 5. The van der Waals surface area contributed by atoms with Crippen LogP contribution in [0.5, 0.6) is 5.88 Å². The number of aryl methyl sites for hydroxylation is 2. The summed E-state index contributed by atoms with van der Waals surface area (Å²) in [6.45, 7) is 6.24. The lowest BCUT2D eigenvalue weighted by Gasteiger charge is -2.17. The molecule has 10 heteroatoms. The van der Waals surface area contributed by atoms with Crippen molar-refractivity contribution < 1.29 is 4.74 Å². The van der Waals surface area contributed by atoms with Crippen LogP contribution in [0.3, 0.4) is 0 Å². The van der Waals surface area contributed by atoms with Gasteiger partial charge in [0.15, 0.2) is 11.2 Å². The SMILES string of the molecule is CCn1c(-c2cnc(C)nc2)nc2c(O[C@H]3CCN(c4cncnc4)C3)ncnc21. The molecular formula is C20H21N9O. The van der Waals surface area contributed by atoms with Crippen LogP contribution in [0, 0.1) is 6.92 Å². The third-order valence-corrected chi connectivity index (χ3v) is 5.19. The van der Waals surface area contributed by atoms with Gasteiger partial charge >= 0.3 is 0 Å². The third kappa shape index (κ3) is 3.30. The molecule has 0 saturated carbocycles. The second-order valence-corrected chi connectivity index (χ2v) is 7.12. The highest BCUT2D eigenvalue weighted by Gasteiger charge is 2.27. The molecule has 0 aliphatic carbocycles. The molecule has 1 atom stereocenters. The van der Waals surface area contributed by atoms with Gasteiger partial charge in [-0.15, -0.1) is 0 Å². The quantitative estimate of drug-likeness (QED) is 0.495. The first kappa shape index (κ1) is 18.3. The lowest BCUT2D eigenvalue weighted by molar-refractivity contribution is 0.218. The van der Waals surface area contributed by atoms with Crippen molar-refractivity contribution in [2.75, 3.05) is 18.0 Å². The summed E-state index contributed by atoms with van der Waals surface area (Å²) < 4.78 is 8.30. The maximum absolute atomic E-state index is 6.27. The molecule has 0 N–H and O–H groups in total. The first-order valence-corrected chi connectivity index (χ1v) is 9.89. The van der Waals surface area contributed by atoms with Gasteiger partial charge in [-0.05, 0) is 13.8 Å². The van der Waals surface area contributed by atoms with Gasteiger partial charge < -0.3 is 14.2 Å². The fourth-order valence-corrected chi connectivity index (χ4v) is 3.70. The van der Waals surface area contributed by atoms with Gasteiger partial charge in [0.1, 0.15) is 30.4 Å². The summed E-state index contributed by atoms with van der Waals surface area (Å²) in [4.78, 5) is 32.6. The Labute approximate surface area is 173 Å². The Morgan fingerprint density at radius 1 is 1.03 bits per heavy atom. The van der Waals surface area contributed by atoms with Gasteiger partial charge in [0.2, 0.25) is 5.88 Å². The molecule has 0 radical (unpaired) electrons. The molecule has 10 nitrogen and oxygen atoms in total. The van der Waals surface area contributed by atoms with Crippen molar-refractivity contribution in [3.8, 4) is 17.3 Å². The number of hydrogen-bond donors (Lipinski definition) is 0. The van der Waals surface area contributed by atoms with Crippen molar-refractivity contribution in [3.63, 3.8) is 0 Å². The number of hydrogen-bond acceptors (Lipinski definition) is 9. The summed E-state index contributed by atoms with van der Waals surface area (Å²) in [6.07, 6.45) is 11.1. The summed E-state index contributed by atoms with van der Waals surface area (Å²) in [5, 5.41) is 0. The standard InChI is InChI=1S/C20H21N9O/c1-3-29-18(14-6-23-13(2)24-7-14)27-17-19(29)25-12-26-20(17)30-16-4-5-28(10-16)15-8-21-11-22-9-15/h6-9,11-12,16H,3-5,10H2,1-2H3/t16-/m0/s1. The van der Waals surface area contributed by atoms with E-state index in [9.17, 15) is 0 Å². The topological polar surface area (TPSA) is 108 Å². The molecule has 5 rings (SSSR count). The monoisotopic (exact) mass is 403 g/mol. The van der Waals surface area contributed by atoms with E-state index in [0.717, 1.165) is 48.1 Å². The molecule has 30 heavy (non-hydrogen) atoms. The molecular weight excluding hydrogens is 382 g/mol. The van der Waals surface area contributed by atoms with Gasteiger partial charge in [-0.25, -0.2) is 29.9 Å². The summed E-state index contributed by atoms with van der Waals surface area (Å²) >= 11 is 0. The Morgan fingerprint density at radius 2 is 1.83 bits per heavy atom. The lowest BCUT2D eigenvalue weighted by Crippen LogP contribution is -2.25. The summed E-state index contributed by atoms with van der Waals surface area (Å²) in [5.74, 6) is 1.97. The van der Waals surface area contributed by atoms with E-state index in [1.54, 1.807) is 12.4 Å². The lowest BCUT2D eigenvalue weighted by atomic mass is 10.3. The average Bonchev–Trinajstić information content (AvgIpc) is 3.40. The molecule has 0 bridgehead atoms. The normalized spacial score (nSPS) is 16.3. The first-order valence-electron chi connectivity index (χ1n) is 9.89. The van der Waals surface area contributed by atoms with Crippen molar-refractivity contribution in [2.45, 2.75) is 32.9 Å². The minimum atomic E-state index is 0.00115. The third-order valence-electron chi connectivity index (χ3n) is 5.19. The van der Waals surface area contributed by atoms with E-state index in [1.807, 2.05) is 23.9 Å². The maximum atomic E-state index is 6.27. The number of ether oxygens (including phenoxy) is 1. The molecule has 0 unspecified atom stereocenters. The highest BCUT2D eigenvalue weighted by Crippen LogP contribution is 2.29. The molecule has 5 heterocycles. The van der Waals surface area contributed by atoms with Gasteiger partial charge in [0.05, 0.1) is 30.2 Å². The first-order chi connectivity index (χ1) is 14.7. The van der Waals surface area contributed by atoms with Crippen LogP contribution in [0.2, 0.25) is 0 Å². The molecule has 1 aliphatic heterocycles. The molecule has 1 saturated heterocycles. The summed E-state index contributed by atoms with van der Waals surface area (Å²) in [5.41, 5.74) is 3.22. The van der Waals surface area contributed by atoms with Gasteiger partial charge in [-0.2, -0.15) is 4.98 Å². The van der Waals surface area contributed by atoms with E-state index in [4.69, 9.17) is 9.72 Å². The van der Waals surface area contributed by atoms with E-state index in [1.165, 1.54) is 12.7 Å².